The second kappa shape index (κ2) is 7.90. The number of hydrogen-bond donors (Lipinski definition) is 1. The fourth-order valence-corrected chi connectivity index (χ4v) is 2.46. The fourth-order valence-electron chi connectivity index (χ4n) is 2.46. The van der Waals surface area contributed by atoms with Gasteiger partial charge in [0.1, 0.15) is 5.75 Å². The molecule has 1 heterocycles. The van der Waals surface area contributed by atoms with Crippen LogP contribution in [0.2, 0.25) is 0 Å². The predicted molar refractivity (Wildman–Crippen MR) is 103 cm³/mol. The second-order valence-corrected chi connectivity index (χ2v) is 6.25. The number of anilines is 1. The molecule has 3 rings (SSSR count). The Morgan fingerprint density at radius 2 is 1.67 bits per heavy atom. The number of methoxy groups -OCH3 is 2. The molecule has 7 heteroatoms. The molecule has 0 radical (unpaired) electrons. The number of ether oxygens (including phenoxy) is 2. The van der Waals surface area contributed by atoms with E-state index in [1.165, 1.54) is 7.11 Å². The van der Waals surface area contributed by atoms with Gasteiger partial charge < -0.3 is 14.8 Å². The molecular weight excluding hydrogens is 344 g/mol. The molecule has 0 aliphatic heterocycles. The molecule has 0 atom stereocenters. The number of rotatable bonds is 6. The molecule has 1 N–H and O–H groups in total. The third kappa shape index (κ3) is 4.08. The van der Waals surface area contributed by atoms with Gasteiger partial charge in [-0.3, -0.25) is 4.79 Å². The van der Waals surface area contributed by atoms with Crippen LogP contribution in [0.1, 0.15) is 13.8 Å². The molecule has 140 valence electrons. The lowest BCUT2D eigenvalue weighted by Crippen LogP contribution is -2.17. The van der Waals surface area contributed by atoms with E-state index in [1.54, 1.807) is 11.8 Å². The first-order valence-electron chi connectivity index (χ1n) is 8.58. The smallest absolute Gasteiger partial charge is 0.336 e. The molecule has 0 spiro atoms. The normalized spacial score (nSPS) is 10.7. The zero-order valence-electron chi connectivity index (χ0n) is 15.8. The van der Waals surface area contributed by atoms with E-state index in [2.05, 4.69) is 15.4 Å². The summed E-state index contributed by atoms with van der Waals surface area (Å²) in [4.78, 5) is 16.3. The number of hydrogen-bond acceptors (Lipinski definition) is 5. The Labute approximate surface area is 158 Å². The summed E-state index contributed by atoms with van der Waals surface area (Å²) in [6.45, 7) is 3.71. The average Bonchev–Trinajstić information content (AvgIpc) is 3.13. The summed E-state index contributed by atoms with van der Waals surface area (Å²) >= 11 is 0. The second-order valence-electron chi connectivity index (χ2n) is 6.25. The fraction of sp³-hybridized carbons (Fsp3) is 0.250. The number of nitrogens with zero attached hydrogens (tertiary/aromatic N) is 3. The monoisotopic (exact) mass is 366 g/mol. The Hall–Kier alpha value is -3.35. The zero-order valence-corrected chi connectivity index (χ0v) is 15.8. The van der Waals surface area contributed by atoms with Gasteiger partial charge in [0.25, 0.3) is 0 Å². The lowest BCUT2D eigenvalue weighted by Gasteiger charge is -2.10. The van der Waals surface area contributed by atoms with Crippen molar-refractivity contribution in [3.8, 4) is 28.8 Å². The van der Waals surface area contributed by atoms with Crippen molar-refractivity contribution in [3.63, 3.8) is 0 Å². The minimum Gasteiger partial charge on any atom is -0.497 e. The molecule has 0 fully saturated rings. The Kier molecular flexibility index (Phi) is 5.40. The van der Waals surface area contributed by atoms with Gasteiger partial charge >= 0.3 is 6.01 Å². The van der Waals surface area contributed by atoms with Crippen molar-refractivity contribution in [2.24, 2.45) is 5.92 Å². The van der Waals surface area contributed by atoms with Gasteiger partial charge in [-0.15, -0.1) is 5.10 Å². The summed E-state index contributed by atoms with van der Waals surface area (Å²) in [5, 5.41) is 7.27. The van der Waals surface area contributed by atoms with Gasteiger partial charge in [-0.25, -0.2) is 4.68 Å². The Morgan fingerprint density at radius 3 is 2.22 bits per heavy atom. The standard InChI is InChI=1S/C20H22N4O3/c1-13(2)19(25)21-15-7-9-16(10-8-15)24-18(22-20(23-24)27-4)14-5-11-17(26-3)12-6-14/h5-13H,1-4H3,(H,21,25). The van der Waals surface area contributed by atoms with Gasteiger partial charge in [0, 0.05) is 17.2 Å². The highest BCUT2D eigenvalue weighted by atomic mass is 16.5. The van der Waals surface area contributed by atoms with Gasteiger partial charge in [-0.2, -0.15) is 4.98 Å². The van der Waals surface area contributed by atoms with E-state index < -0.39 is 0 Å². The molecular formula is C20H22N4O3. The van der Waals surface area contributed by atoms with Crippen LogP contribution in [0, 0.1) is 5.92 Å². The van der Waals surface area contributed by atoms with Crippen LogP contribution in [-0.2, 0) is 4.79 Å². The van der Waals surface area contributed by atoms with Gasteiger partial charge in [0.15, 0.2) is 5.82 Å². The van der Waals surface area contributed by atoms with Crippen molar-refractivity contribution in [1.29, 1.82) is 0 Å². The summed E-state index contributed by atoms with van der Waals surface area (Å²) in [6, 6.07) is 15.2. The SMILES string of the molecule is COc1ccc(-c2nc(OC)nn2-c2ccc(NC(=O)C(C)C)cc2)cc1. The molecule has 0 saturated heterocycles. The van der Waals surface area contributed by atoms with E-state index in [4.69, 9.17) is 9.47 Å². The van der Waals surface area contributed by atoms with Crippen molar-refractivity contribution >= 4 is 11.6 Å². The molecule has 1 amide bonds. The lowest BCUT2D eigenvalue weighted by molar-refractivity contribution is -0.118. The van der Waals surface area contributed by atoms with E-state index in [1.807, 2.05) is 62.4 Å². The van der Waals surface area contributed by atoms with Crippen LogP contribution >= 0.6 is 0 Å². The van der Waals surface area contributed by atoms with Crippen molar-refractivity contribution in [2.45, 2.75) is 13.8 Å². The highest BCUT2D eigenvalue weighted by Crippen LogP contribution is 2.26. The van der Waals surface area contributed by atoms with Crippen LogP contribution in [0.5, 0.6) is 11.8 Å². The van der Waals surface area contributed by atoms with Crippen molar-refractivity contribution in [2.75, 3.05) is 19.5 Å². The first kappa shape index (κ1) is 18.4. The van der Waals surface area contributed by atoms with Crippen LogP contribution in [0.4, 0.5) is 5.69 Å². The maximum absolute atomic E-state index is 11.8. The van der Waals surface area contributed by atoms with E-state index >= 15 is 0 Å². The van der Waals surface area contributed by atoms with E-state index in [-0.39, 0.29) is 17.8 Å². The quantitative estimate of drug-likeness (QED) is 0.722. The topological polar surface area (TPSA) is 78.3 Å². The number of benzene rings is 2. The van der Waals surface area contributed by atoms with E-state index in [9.17, 15) is 4.79 Å². The highest BCUT2D eigenvalue weighted by molar-refractivity contribution is 5.92. The number of nitrogens with one attached hydrogen (secondary N) is 1. The summed E-state index contributed by atoms with van der Waals surface area (Å²) in [5.74, 6) is 1.31. The van der Waals surface area contributed by atoms with Crippen molar-refractivity contribution in [3.05, 3.63) is 48.5 Å². The van der Waals surface area contributed by atoms with Crippen LogP contribution in [0.25, 0.3) is 17.1 Å². The molecule has 3 aromatic rings. The number of carbonyl (C=O) groups excluding carboxylic acids is 1. The molecule has 27 heavy (non-hydrogen) atoms. The first-order valence-corrected chi connectivity index (χ1v) is 8.58. The predicted octanol–water partition coefficient (Wildman–Crippen LogP) is 3.55. The number of amides is 1. The Balaban J connectivity index is 1.93. The van der Waals surface area contributed by atoms with Gasteiger partial charge in [-0.05, 0) is 48.5 Å². The Bertz CT molecular complexity index is 915. The minimum absolute atomic E-state index is 0.0240. The van der Waals surface area contributed by atoms with Crippen molar-refractivity contribution in [1.82, 2.24) is 14.8 Å². The molecule has 7 nitrogen and oxygen atoms in total. The van der Waals surface area contributed by atoms with Gasteiger partial charge in [0.05, 0.1) is 19.9 Å². The van der Waals surface area contributed by atoms with E-state index in [0.29, 0.717) is 5.82 Å². The molecule has 2 aromatic carbocycles. The maximum Gasteiger partial charge on any atom is 0.336 e. The van der Waals surface area contributed by atoms with Crippen LogP contribution in [0.3, 0.4) is 0 Å². The van der Waals surface area contributed by atoms with E-state index in [0.717, 1.165) is 22.7 Å². The summed E-state index contributed by atoms with van der Waals surface area (Å²) in [5.41, 5.74) is 2.42. The maximum atomic E-state index is 11.8. The molecule has 1 aromatic heterocycles. The molecule has 0 aliphatic carbocycles. The van der Waals surface area contributed by atoms with Gasteiger partial charge in [-0.1, -0.05) is 13.8 Å². The zero-order chi connectivity index (χ0) is 19.4. The summed E-state index contributed by atoms with van der Waals surface area (Å²) in [7, 11) is 3.15. The highest BCUT2D eigenvalue weighted by Gasteiger charge is 2.15. The lowest BCUT2D eigenvalue weighted by atomic mass is 10.2. The first-order chi connectivity index (χ1) is 13.0. The molecule has 0 saturated carbocycles. The van der Waals surface area contributed by atoms with Crippen LogP contribution in [0.15, 0.2) is 48.5 Å². The Morgan fingerprint density at radius 1 is 1.00 bits per heavy atom. The van der Waals surface area contributed by atoms with Crippen LogP contribution < -0.4 is 14.8 Å². The largest absolute Gasteiger partial charge is 0.497 e. The van der Waals surface area contributed by atoms with Crippen molar-refractivity contribution < 1.29 is 14.3 Å². The number of aromatic nitrogens is 3. The summed E-state index contributed by atoms with van der Waals surface area (Å²) < 4.78 is 12.1. The average molecular weight is 366 g/mol. The van der Waals surface area contributed by atoms with Crippen LogP contribution in [-0.4, -0.2) is 34.9 Å². The third-order valence-corrected chi connectivity index (χ3v) is 4.02. The minimum atomic E-state index is -0.0778. The molecule has 0 unspecified atom stereocenters. The molecule has 0 aliphatic rings. The van der Waals surface area contributed by atoms with Gasteiger partial charge in [0.2, 0.25) is 5.91 Å². The third-order valence-electron chi connectivity index (χ3n) is 4.02. The molecule has 0 bridgehead atoms. The number of carbonyl (C=O) groups is 1. The summed E-state index contributed by atoms with van der Waals surface area (Å²) in [6.07, 6.45) is 0.